The molecule has 0 aliphatic carbocycles. The van der Waals surface area contributed by atoms with Crippen molar-refractivity contribution >= 4 is 34.0 Å². The Kier molecular flexibility index (Phi) is 16.4. The number of esters is 4. The van der Waals surface area contributed by atoms with Crippen molar-refractivity contribution in [2.75, 3.05) is 53.9 Å². The molecule has 0 spiro atoms. The second-order valence-electron chi connectivity index (χ2n) is 13.5. The summed E-state index contributed by atoms with van der Waals surface area (Å²) >= 11 is 0. The van der Waals surface area contributed by atoms with E-state index in [1.807, 2.05) is 27.7 Å². The Morgan fingerprint density at radius 2 is 0.933 bits per heavy atom. The maximum Gasteiger partial charge on any atom is 1.00 e. The normalized spacial score (nSPS) is 12.5. The summed E-state index contributed by atoms with van der Waals surface area (Å²) < 4.78 is 66.8. The molecule has 0 atom stereocenters. The van der Waals surface area contributed by atoms with Crippen molar-refractivity contribution in [2.24, 2.45) is 21.7 Å². The van der Waals surface area contributed by atoms with Gasteiger partial charge >= 0.3 is 53.4 Å². The fourth-order valence-corrected chi connectivity index (χ4v) is 4.08. The van der Waals surface area contributed by atoms with Crippen molar-refractivity contribution in [3.8, 4) is 0 Å². The molecule has 0 aromatic heterocycles. The van der Waals surface area contributed by atoms with E-state index in [0.717, 1.165) is 18.2 Å². The first-order chi connectivity index (χ1) is 20.0. The Labute approximate surface area is 288 Å². The van der Waals surface area contributed by atoms with E-state index < -0.39 is 84.9 Å². The van der Waals surface area contributed by atoms with Crippen LogP contribution in [0.5, 0.6) is 0 Å². The first kappa shape index (κ1) is 42.9. The average Bonchev–Trinajstić information content (AvgIpc) is 2.91. The summed E-state index contributed by atoms with van der Waals surface area (Å²) in [6.07, 6.45) is 0. The van der Waals surface area contributed by atoms with Crippen LogP contribution < -0.4 is 29.6 Å². The topological polar surface area (TPSA) is 181 Å². The van der Waals surface area contributed by atoms with Crippen LogP contribution in [0.15, 0.2) is 23.1 Å². The zero-order chi connectivity index (χ0) is 34.1. The quantitative estimate of drug-likeness (QED) is 0.0964. The minimum atomic E-state index is -5.12. The predicted molar refractivity (Wildman–Crippen MR) is 156 cm³/mol. The summed E-state index contributed by atoms with van der Waals surface area (Å²) in [6, 6.07) is 2.49. The molecule has 0 bridgehead atoms. The molecular formula is C30H45NaO13S. The van der Waals surface area contributed by atoms with Gasteiger partial charge in [0.2, 0.25) is 0 Å². The van der Waals surface area contributed by atoms with Gasteiger partial charge in [-0.15, -0.1) is 0 Å². The summed E-state index contributed by atoms with van der Waals surface area (Å²) in [7, 11) is -2.07. The predicted octanol–water partition coefficient (Wildman–Crippen LogP) is 0.392. The van der Waals surface area contributed by atoms with Gasteiger partial charge in [-0.1, -0.05) is 27.7 Å². The minimum Gasteiger partial charge on any atom is -0.744 e. The van der Waals surface area contributed by atoms with Crippen molar-refractivity contribution in [2.45, 2.75) is 60.3 Å². The first-order valence-corrected chi connectivity index (χ1v) is 15.1. The number of hydrogen-bond donors (Lipinski definition) is 0. The Balaban J connectivity index is 0.0000194. The van der Waals surface area contributed by atoms with Crippen LogP contribution in [-0.4, -0.2) is 90.7 Å². The Morgan fingerprint density at radius 1 is 0.600 bits per heavy atom. The molecule has 1 aromatic carbocycles. The van der Waals surface area contributed by atoms with Gasteiger partial charge in [0.25, 0.3) is 0 Å². The molecule has 13 nitrogen and oxygen atoms in total. The van der Waals surface area contributed by atoms with E-state index in [1.54, 1.807) is 0 Å². The molecule has 0 aliphatic heterocycles. The number of hydrogen-bond acceptors (Lipinski definition) is 13. The van der Waals surface area contributed by atoms with Crippen LogP contribution in [0.25, 0.3) is 0 Å². The molecule has 0 fully saturated rings. The second kappa shape index (κ2) is 17.2. The average molecular weight is 669 g/mol. The third-order valence-electron chi connectivity index (χ3n) is 6.16. The molecule has 0 aliphatic rings. The van der Waals surface area contributed by atoms with E-state index in [4.69, 9.17) is 28.4 Å². The largest absolute Gasteiger partial charge is 1.00 e. The van der Waals surface area contributed by atoms with Crippen LogP contribution in [0, 0.1) is 21.7 Å². The zero-order valence-corrected chi connectivity index (χ0v) is 31.0. The molecule has 1 rings (SSSR count). The maximum absolute atomic E-state index is 12.9. The molecule has 45 heavy (non-hydrogen) atoms. The van der Waals surface area contributed by atoms with Gasteiger partial charge in [0.15, 0.2) is 0 Å². The van der Waals surface area contributed by atoms with Gasteiger partial charge in [0, 0.05) is 25.0 Å². The summed E-state index contributed by atoms with van der Waals surface area (Å²) in [6.45, 7) is 13.2. The maximum atomic E-state index is 12.9. The Bertz CT molecular complexity index is 1220. The first-order valence-electron chi connectivity index (χ1n) is 13.7. The van der Waals surface area contributed by atoms with Crippen LogP contribution >= 0.6 is 0 Å². The molecule has 0 N–H and O–H groups in total. The fraction of sp³-hybridized carbons (Fsp3) is 0.667. The number of carbonyl (C=O) groups is 4. The molecule has 0 radical (unpaired) electrons. The molecule has 15 heteroatoms. The number of rotatable bonds is 17. The van der Waals surface area contributed by atoms with Crippen molar-refractivity contribution < 1.29 is 90.1 Å². The van der Waals surface area contributed by atoms with Crippen molar-refractivity contribution in [1.82, 2.24) is 0 Å². The molecule has 0 saturated heterocycles. The summed E-state index contributed by atoms with van der Waals surface area (Å²) in [5.41, 5.74) is -4.38. The molecule has 0 unspecified atom stereocenters. The second-order valence-corrected chi connectivity index (χ2v) is 14.8. The summed E-state index contributed by atoms with van der Waals surface area (Å²) in [5.74, 6) is -3.52. The van der Waals surface area contributed by atoms with Gasteiger partial charge in [0.1, 0.15) is 23.3 Å². The molecule has 0 saturated carbocycles. The standard InChI is InChI=1S/C30H46O13S.Na/c1-27(2,14-38-9)16-42-25(33)29(5,6)18-40-23(31)20-11-21(13-22(12-20)44(35,36)37)24(32)41-19-30(7,8)26(34)43-17-28(3,4)15-39-10;/h11-13H,14-19H2,1-10H3,(H,35,36,37);/q;+1/p-1. The number of carbonyl (C=O) groups excluding carboxylic acids is 4. The van der Waals surface area contributed by atoms with Gasteiger partial charge in [0.05, 0.1) is 53.3 Å². The van der Waals surface area contributed by atoms with E-state index in [1.165, 1.54) is 41.9 Å². The van der Waals surface area contributed by atoms with Gasteiger partial charge in [-0.2, -0.15) is 0 Å². The summed E-state index contributed by atoms with van der Waals surface area (Å²) in [5, 5.41) is 0. The number of methoxy groups -OCH3 is 2. The fourth-order valence-electron chi connectivity index (χ4n) is 3.53. The monoisotopic (exact) mass is 668 g/mol. The van der Waals surface area contributed by atoms with Crippen LogP contribution in [0.3, 0.4) is 0 Å². The van der Waals surface area contributed by atoms with Gasteiger partial charge in [-0.25, -0.2) is 18.0 Å². The van der Waals surface area contributed by atoms with Crippen molar-refractivity contribution in [3.05, 3.63) is 29.3 Å². The van der Waals surface area contributed by atoms with E-state index in [0.29, 0.717) is 13.2 Å². The van der Waals surface area contributed by atoms with Crippen LogP contribution in [-0.2, 0) is 48.1 Å². The molecule has 0 amide bonds. The van der Waals surface area contributed by atoms with Crippen molar-refractivity contribution in [1.29, 1.82) is 0 Å². The molecule has 1 aromatic rings. The van der Waals surface area contributed by atoms with Gasteiger partial charge in [-0.3, -0.25) is 9.59 Å². The van der Waals surface area contributed by atoms with Crippen LogP contribution in [0.2, 0.25) is 0 Å². The molecule has 0 heterocycles. The third kappa shape index (κ3) is 14.5. The third-order valence-corrected chi connectivity index (χ3v) is 6.97. The Morgan fingerprint density at radius 3 is 1.22 bits per heavy atom. The van der Waals surface area contributed by atoms with Gasteiger partial charge in [-0.05, 0) is 45.9 Å². The van der Waals surface area contributed by atoms with Crippen LogP contribution in [0.4, 0.5) is 0 Å². The van der Waals surface area contributed by atoms with Crippen LogP contribution in [0.1, 0.15) is 76.1 Å². The molecular weight excluding hydrogens is 623 g/mol. The molecule has 250 valence electrons. The van der Waals surface area contributed by atoms with E-state index in [2.05, 4.69) is 0 Å². The van der Waals surface area contributed by atoms with Crippen molar-refractivity contribution in [3.63, 3.8) is 0 Å². The summed E-state index contributed by atoms with van der Waals surface area (Å²) in [4.78, 5) is 50.1. The zero-order valence-electron chi connectivity index (χ0n) is 28.2. The Hall–Kier alpha value is -2.07. The SMILES string of the molecule is COCC(C)(C)COC(=O)C(C)(C)COC(=O)c1cc(C(=O)OCC(C)(C)C(=O)OCC(C)(C)COC)cc(S(=O)(=O)[O-])c1.[Na+]. The smallest absolute Gasteiger partial charge is 0.744 e. The number of ether oxygens (including phenoxy) is 6. The minimum absolute atomic E-state index is 0. The van der Waals surface area contributed by atoms with E-state index >= 15 is 0 Å². The number of benzene rings is 1. The van der Waals surface area contributed by atoms with Gasteiger partial charge < -0.3 is 33.0 Å². The van der Waals surface area contributed by atoms with E-state index in [9.17, 15) is 32.1 Å². The van der Waals surface area contributed by atoms with E-state index in [-0.39, 0.29) is 42.8 Å².